The van der Waals surface area contributed by atoms with Gasteiger partial charge in [0.25, 0.3) is 0 Å². The van der Waals surface area contributed by atoms with Crippen LogP contribution in [0.4, 0.5) is 0 Å². The monoisotopic (exact) mass is 272 g/mol. The molecule has 0 aliphatic heterocycles. The number of nitrogens with two attached hydrogens (primary N) is 1. The van der Waals surface area contributed by atoms with Crippen molar-refractivity contribution in [3.8, 4) is 0 Å². The second-order valence-electron chi connectivity index (χ2n) is 5.83. The van der Waals surface area contributed by atoms with E-state index < -0.39 is 0 Å². The van der Waals surface area contributed by atoms with Gasteiger partial charge in [-0.1, -0.05) is 45.1 Å². The molecular weight excluding hydrogens is 244 g/mol. The van der Waals surface area contributed by atoms with Crippen LogP contribution in [0.2, 0.25) is 0 Å². The van der Waals surface area contributed by atoms with Crippen molar-refractivity contribution < 1.29 is 0 Å². The average molecular weight is 272 g/mol. The van der Waals surface area contributed by atoms with Crippen molar-refractivity contribution in [1.29, 1.82) is 0 Å². The van der Waals surface area contributed by atoms with Gasteiger partial charge in [-0.05, 0) is 43.0 Å². The van der Waals surface area contributed by atoms with Gasteiger partial charge in [-0.3, -0.25) is 0 Å². The van der Waals surface area contributed by atoms with E-state index in [1.54, 1.807) is 0 Å². The summed E-state index contributed by atoms with van der Waals surface area (Å²) in [7, 11) is 0. The third-order valence-electron chi connectivity index (χ3n) is 4.24. The van der Waals surface area contributed by atoms with E-state index in [9.17, 15) is 0 Å². The minimum atomic E-state index is 0.618. The molecule has 0 fully saturated rings. The van der Waals surface area contributed by atoms with E-state index in [-0.39, 0.29) is 0 Å². The molecule has 0 spiro atoms. The number of benzene rings is 1. The summed E-state index contributed by atoms with van der Waals surface area (Å²) >= 11 is 0. The number of hydrogen-bond donors (Lipinski definition) is 2. The van der Waals surface area contributed by atoms with Gasteiger partial charge in [-0.25, -0.2) is 0 Å². The lowest BCUT2D eigenvalue weighted by Crippen LogP contribution is -1.95. The van der Waals surface area contributed by atoms with Gasteiger partial charge in [0, 0.05) is 23.1 Å². The van der Waals surface area contributed by atoms with Crippen LogP contribution in [-0.2, 0) is 13.0 Å². The van der Waals surface area contributed by atoms with E-state index in [0.29, 0.717) is 6.54 Å². The average Bonchev–Trinajstić information content (AvgIpc) is 2.79. The summed E-state index contributed by atoms with van der Waals surface area (Å²) in [5.41, 5.74) is 11.0. The molecule has 0 amide bonds. The standard InChI is InChI=1S/C18H28N2/c1-3-4-5-6-7-8-9-17-14(2)16-12-15(13-19)10-11-18(16)20-17/h10-12,20H,3-9,13,19H2,1-2H3. The van der Waals surface area contributed by atoms with Crippen molar-refractivity contribution in [2.45, 2.75) is 65.3 Å². The molecule has 2 heteroatoms. The number of nitrogens with one attached hydrogen (secondary N) is 1. The van der Waals surface area contributed by atoms with Crippen molar-refractivity contribution >= 4 is 10.9 Å². The molecule has 1 heterocycles. The first kappa shape index (κ1) is 15.1. The van der Waals surface area contributed by atoms with E-state index in [1.165, 1.54) is 72.7 Å². The van der Waals surface area contributed by atoms with E-state index in [0.717, 1.165) is 0 Å². The Morgan fingerprint density at radius 3 is 2.55 bits per heavy atom. The Kier molecular flexibility index (Phi) is 5.66. The third kappa shape index (κ3) is 3.63. The number of aromatic amines is 1. The predicted molar refractivity (Wildman–Crippen MR) is 88.0 cm³/mol. The maximum Gasteiger partial charge on any atom is 0.0459 e. The SMILES string of the molecule is CCCCCCCCc1[nH]c2ccc(CN)cc2c1C. The molecule has 0 saturated heterocycles. The Balaban J connectivity index is 1.95. The molecule has 110 valence electrons. The van der Waals surface area contributed by atoms with Crippen molar-refractivity contribution in [2.24, 2.45) is 5.73 Å². The number of rotatable bonds is 8. The van der Waals surface area contributed by atoms with Gasteiger partial charge in [-0.2, -0.15) is 0 Å². The van der Waals surface area contributed by atoms with E-state index in [4.69, 9.17) is 5.73 Å². The smallest absolute Gasteiger partial charge is 0.0459 e. The number of H-pyrrole nitrogens is 1. The van der Waals surface area contributed by atoms with Gasteiger partial charge in [0.2, 0.25) is 0 Å². The summed E-state index contributed by atoms with van der Waals surface area (Å²) in [5.74, 6) is 0. The second kappa shape index (κ2) is 7.49. The highest BCUT2D eigenvalue weighted by Crippen LogP contribution is 2.24. The molecule has 0 bridgehead atoms. The molecule has 3 N–H and O–H groups in total. The molecule has 0 saturated carbocycles. The van der Waals surface area contributed by atoms with E-state index >= 15 is 0 Å². The number of aromatic nitrogens is 1. The lowest BCUT2D eigenvalue weighted by atomic mass is 10.0. The Bertz CT molecular complexity index is 540. The minimum absolute atomic E-state index is 0.618. The summed E-state index contributed by atoms with van der Waals surface area (Å²) in [4.78, 5) is 3.58. The Morgan fingerprint density at radius 2 is 1.80 bits per heavy atom. The van der Waals surface area contributed by atoms with Gasteiger partial charge in [-0.15, -0.1) is 0 Å². The van der Waals surface area contributed by atoms with Crippen LogP contribution in [0.25, 0.3) is 10.9 Å². The first-order valence-electron chi connectivity index (χ1n) is 8.06. The Morgan fingerprint density at radius 1 is 1.05 bits per heavy atom. The summed E-state index contributed by atoms with van der Waals surface area (Å²) in [6.45, 7) is 5.11. The quantitative estimate of drug-likeness (QED) is 0.663. The molecule has 20 heavy (non-hydrogen) atoms. The van der Waals surface area contributed by atoms with Gasteiger partial charge >= 0.3 is 0 Å². The first-order valence-corrected chi connectivity index (χ1v) is 8.06. The number of fused-ring (bicyclic) bond motifs is 1. The van der Waals surface area contributed by atoms with E-state index in [2.05, 4.69) is 37.0 Å². The largest absolute Gasteiger partial charge is 0.358 e. The van der Waals surface area contributed by atoms with Crippen LogP contribution in [0, 0.1) is 6.92 Å². The van der Waals surface area contributed by atoms with Crippen LogP contribution in [0.1, 0.15) is 62.3 Å². The molecule has 0 aliphatic rings. The minimum Gasteiger partial charge on any atom is -0.358 e. The fraction of sp³-hybridized carbons (Fsp3) is 0.556. The summed E-state index contributed by atoms with van der Waals surface area (Å²) in [6.07, 6.45) is 9.29. The molecule has 0 unspecified atom stereocenters. The molecule has 2 rings (SSSR count). The fourth-order valence-corrected chi connectivity index (χ4v) is 2.89. The predicted octanol–water partition coefficient (Wildman–Crippen LogP) is 4.84. The van der Waals surface area contributed by atoms with Crippen molar-refractivity contribution in [1.82, 2.24) is 4.98 Å². The fourth-order valence-electron chi connectivity index (χ4n) is 2.89. The second-order valence-corrected chi connectivity index (χ2v) is 5.83. The normalized spacial score (nSPS) is 11.3. The summed E-state index contributed by atoms with van der Waals surface area (Å²) in [5, 5.41) is 1.34. The molecule has 0 atom stereocenters. The summed E-state index contributed by atoms with van der Waals surface area (Å²) in [6, 6.07) is 6.51. The van der Waals surface area contributed by atoms with Crippen LogP contribution >= 0.6 is 0 Å². The van der Waals surface area contributed by atoms with Crippen LogP contribution in [0.5, 0.6) is 0 Å². The highest BCUT2D eigenvalue weighted by atomic mass is 14.7. The maximum absolute atomic E-state index is 5.73. The van der Waals surface area contributed by atoms with Crippen molar-refractivity contribution in [3.63, 3.8) is 0 Å². The molecule has 0 radical (unpaired) electrons. The zero-order valence-electron chi connectivity index (χ0n) is 13.0. The highest BCUT2D eigenvalue weighted by Gasteiger charge is 2.07. The third-order valence-corrected chi connectivity index (χ3v) is 4.24. The summed E-state index contributed by atoms with van der Waals surface area (Å²) < 4.78 is 0. The van der Waals surface area contributed by atoms with Gasteiger partial charge < -0.3 is 10.7 Å². The lowest BCUT2D eigenvalue weighted by Gasteiger charge is -2.01. The highest BCUT2D eigenvalue weighted by molar-refractivity contribution is 5.85. The Labute approximate surface area is 122 Å². The first-order chi connectivity index (χ1) is 9.76. The van der Waals surface area contributed by atoms with Crippen LogP contribution in [-0.4, -0.2) is 4.98 Å². The van der Waals surface area contributed by atoms with Gasteiger partial charge in [0.1, 0.15) is 0 Å². The van der Waals surface area contributed by atoms with Crippen LogP contribution in [0.3, 0.4) is 0 Å². The number of aryl methyl sites for hydroxylation is 2. The number of unbranched alkanes of at least 4 members (excludes halogenated alkanes) is 5. The zero-order chi connectivity index (χ0) is 14.4. The molecule has 2 aromatic rings. The van der Waals surface area contributed by atoms with Crippen LogP contribution in [0.15, 0.2) is 18.2 Å². The van der Waals surface area contributed by atoms with Gasteiger partial charge in [0.15, 0.2) is 0 Å². The van der Waals surface area contributed by atoms with Crippen LogP contribution < -0.4 is 5.73 Å². The topological polar surface area (TPSA) is 41.8 Å². The Hall–Kier alpha value is -1.28. The lowest BCUT2D eigenvalue weighted by molar-refractivity contribution is 0.605. The molecule has 2 nitrogen and oxygen atoms in total. The van der Waals surface area contributed by atoms with E-state index in [1.807, 2.05) is 0 Å². The van der Waals surface area contributed by atoms with Crippen molar-refractivity contribution in [3.05, 3.63) is 35.0 Å². The molecule has 1 aromatic heterocycles. The molecule has 0 aliphatic carbocycles. The zero-order valence-corrected chi connectivity index (χ0v) is 13.0. The van der Waals surface area contributed by atoms with Crippen molar-refractivity contribution in [2.75, 3.05) is 0 Å². The molecule has 1 aromatic carbocycles. The van der Waals surface area contributed by atoms with Gasteiger partial charge in [0.05, 0.1) is 0 Å². The maximum atomic E-state index is 5.73. The number of hydrogen-bond acceptors (Lipinski definition) is 1. The molecular formula is C18H28N2.